The summed E-state index contributed by atoms with van der Waals surface area (Å²) in [4.78, 5) is 17.6. The van der Waals surface area contributed by atoms with Crippen LogP contribution in [0.1, 0.15) is 28.5 Å². The summed E-state index contributed by atoms with van der Waals surface area (Å²) in [7, 11) is 0. The number of nitrogens with one attached hydrogen (secondary N) is 1. The van der Waals surface area contributed by atoms with Crippen LogP contribution in [0.15, 0.2) is 41.1 Å². The number of nitriles is 1. The summed E-state index contributed by atoms with van der Waals surface area (Å²) in [6, 6.07) is 10.2. The highest BCUT2D eigenvalue weighted by Gasteiger charge is 2.21. The molecule has 0 spiro atoms. The van der Waals surface area contributed by atoms with Gasteiger partial charge in [-0.3, -0.25) is 9.48 Å². The van der Waals surface area contributed by atoms with Gasteiger partial charge in [0.1, 0.15) is 11.8 Å². The van der Waals surface area contributed by atoms with Gasteiger partial charge in [0.2, 0.25) is 0 Å². The molecule has 1 amide bonds. The lowest BCUT2D eigenvalue weighted by Gasteiger charge is -2.09. The Morgan fingerprint density at radius 1 is 1.31 bits per heavy atom. The lowest BCUT2D eigenvalue weighted by Crippen LogP contribution is -2.14. The van der Waals surface area contributed by atoms with Crippen molar-refractivity contribution in [2.24, 2.45) is 0 Å². The van der Waals surface area contributed by atoms with Gasteiger partial charge < -0.3 is 9.84 Å². The second-order valence-electron chi connectivity index (χ2n) is 6.32. The number of halogens is 1. The van der Waals surface area contributed by atoms with Crippen molar-refractivity contribution < 1.29 is 9.32 Å². The second kappa shape index (κ2) is 7.37. The second-order valence-corrected chi connectivity index (χ2v) is 6.75. The molecule has 9 heteroatoms. The predicted octanol–water partition coefficient (Wildman–Crippen LogP) is 4.19. The van der Waals surface area contributed by atoms with E-state index >= 15 is 0 Å². The summed E-state index contributed by atoms with van der Waals surface area (Å²) in [5.74, 6) is -0.432. The van der Waals surface area contributed by atoms with Crippen molar-refractivity contribution in [3.63, 3.8) is 0 Å². The number of hydrogen-bond donors (Lipinski definition) is 1. The maximum absolute atomic E-state index is 13.1. The van der Waals surface area contributed by atoms with E-state index in [0.717, 1.165) is 0 Å². The highest BCUT2D eigenvalue weighted by atomic mass is 35.5. The van der Waals surface area contributed by atoms with Gasteiger partial charge in [0.25, 0.3) is 11.6 Å². The molecule has 8 nitrogen and oxygen atoms in total. The number of anilines is 1. The van der Waals surface area contributed by atoms with E-state index in [1.165, 1.54) is 6.07 Å². The van der Waals surface area contributed by atoms with Crippen molar-refractivity contribution >= 4 is 34.3 Å². The first-order valence-corrected chi connectivity index (χ1v) is 9.19. The van der Waals surface area contributed by atoms with E-state index in [9.17, 15) is 10.1 Å². The van der Waals surface area contributed by atoms with Crippen LogP contribution >= 0.6 is 11.6 Å². The molecule has 1 aromatic carbocycles. The highest BCUT2D eigenvalue weighted by Crippen LogP contribution is 2.28. The molecule has 0 fully saturated rings. The monoisotopic (exact) mass is 406 g/mol. The first kappa shape index (κ1) is 18.7. The van der Waals surface area contributed by atoms with Crippen LogP contribution in [-0.2, 0) is 6.54 Å². The predicted molar refractivity (Wildman–Crippen MR) is 108 cm³/mol. The van der Waals surface area contributed by atoms with E-state index in [1.807, 2.05) is 25.3 Å². The summed E-state index contributed by atoms with van der Waals surface area (Å²) in [5.41, 5.74) is 2.81. The van der Waals surface area contributed by atoms with Crippen LogP contribution in [0.5, 0.6) is 0 Å². The zero-order chi connectivity index (χ0) is 20.5. The largest absolute Gasteiger partial charge is 0.335 e. The molecule has 0 radical (unpaired) electrons. The van der Waals surface area contributed by atoms with E-state index in [4.69, 9.17) is 16.1 Å². The summed E-state index contributed by atoms with van der Waals surface area (Å²) < 4.78 is 7.06. The molecule has 0 bridgehead atoms. The third kappa shape index (κ3) is 3.44. The number of fused-ring (bicyclic) bond motifs is 1. The minimum atomic E-state index is -0.432. The Bertz CT molecular complexity index is 1280. The third-order valence-electron chi connectivity index (χ3n) is 4.44. The number of benzene rings is 1. The number of amides is 1. The van der Waals surface area contributed by atoms with Crippen molar-refractivity contribution in [2.45, 2.75) is 20.4 Å². The van der Waals surface area contributed by atoms with Crippen LogP contribution in [0, 0.1) is 18.3 Å². The van der Waals surface area contributed by atoms with Crippen LogP contribution in [0.2, 0.25) is 5.02 Å². The van der Waals surface area contributed by atoms with E-state index in [2.05, 4.69) is 20.6 Å². The summed E-state index contributed by atoms with van der Waals surface area (Å²) >= 11 is 6.02. The number of hydrogen-bond acceptors (Lipinski definition) is 6. The van der Waals surface area contributed by atoms with Gasteiger partial charge >= 0.3 is 0 Å². The molecule has 3 aromatic heterocycles. The van der Waals surface area contributed by atoms with Crippen molar-refractivity contribution in [1.82, 2.24) is 19.9 Å². The number of pyridine rings is 1. The Morgan fingerprint density at radius 3 is 2.86 bits per heavy atom. The van der Waals surface area contributed by atoms with Gasteiger partial charge in [-0.15, -0.1) is 0 Å². The number of rotatable bonds is 4. The molecule has 0 unspecified atom stereocenters. The minimum absolute atomic E-state index is 0.239. The molecule has 0 aliphatic rings. The first-order valence-electron chi connectivity index (χ1n) is 8.82. The van der Waals surface area contributed by atoms with Crippen LogP contribution in [0.25, 0.3) is 22.5 Å². The number of carbonyl (C=O) groups excluding carboxylic acids is 1. The molecule has 0 aliphatic heterocycles. The average Bonchev–Trinajstić information content (AvgIpc) is 3.34. The maximum Gasteiger partial charge on any atom is 0.259 e. The Labute approximate surface area is 170 Å². The van der Waals surface area contributed by atoms with Gasteiger partial charge in [-0.2, -0.15) is 10.4 Å². The van der Waals surface area contributed by atoms with Gasteiger partial charge in [0, 0.05) is 17.8 Å². The highest BCUT2D eigenvalue weighted by molar-refractivity contribution is 6.31. The van der Waals surface area contributed by atoms with Crippen LogP contribution in [0.3, 0.4) is 0 Å². The fraction of sp³-hybridized carbons (Fsp3) is 0.150. The normalized spacial score (nSPS) is 10.8. The Hall–Kier alpha value is -3.70. The topological polar surface area (TPSA) is 110 Å². The van der Waals surface area contributed by atoms with Crippen molar-refractivity contribution in [2.75, 3.05) is 5.32 Å². The van der Waals surface area contributed by atoms with Gasteiger partial charge in [-0.05, 0) is 44.2 Å². The zero-order valence-corrected chi connectivity index (χ0v) is 16.4. The van der Waals surface area contributed by atoms with Crippen LogP contribution in [0.4, 0.5) is 5.69 Å². The number of nitrogens with zero attached hydrogens (tertiary/aromatic N) is 5. The fourth-order valence-electron chi connectivity index (χ4n) is 2.99. The van der Waals surface area contributed by atoms with E-state index in [-0.39, 0.29) is 5.71 Å². The van der Waals surface area contributed by atoms with Gasteiger partial charge in [-0.1, -0.05) is 16.8 Å². The van der Waals surface area contributed by atoms with E-state index < -0.39 is 5.91 Å². The van der Waals surface area contributed by atoms with E-state index in [0.29, 0.717) is 50.8 Å². The molecule has 0 saturated carbocycles. The molecule has 0 saturated heterocycles. The number of carbonyl (C=O) groups is 1. The Kier molecular flexibility index (Phi) is 4.74. The zero-order valence-electron chi connectivity index (χ0n) is 15.6. The van der Waals surface area contributed by atoms with Gasteiger partial charge in [0.05, 0.1) is 33.6 Å². The standard InChI is InChI=1S/C20H15ClN6O2/c1-3-27-7-6-15(25-27)17-9-14(18-11(2)26-29-20(18)24-17)19(28)23-16-8-13(21)5-4-12(16)10-22/h4-9H,3H2,1-2H3,(H,23,28). The van der Waals surface area contributed by atoms with Gasteiger partial charge in [-0.25, -0.2) is 4.98 Å². The van der Waals surface area contributed by atoms with Crippen molar-refractivity contribution in [1.29, 1.82) is 5.26 Å². The SMILES string of the molecule is CCn1ccc(-c2cc(C(=O)Nc3cc(Cl)ccc3C#N)c3c(C)noc3n2)n1. The smallest absolute Gasteiger partial charge is 0.259 e. The van der Waals surface area contributed by atoms with Gasteiger partial charge in [0.15, 0.2) is 0 Å². The number of aromatic nitrogens is 4. The molecule has 144 valence electrons. The maximum atomic E-state index is 13.1. The molecule has 0 aliphatic carbocycles. The van der Waals surface area contributed by atoms with Crippen LogP contribution in [-0.4, -0.2) is 25.8 Å². The summed E-state index contributed by atoms with van der Waals surface area (Å²) in [5, 5.41) is 21.3. The summed E-state index contributed by atoms with van der Waals surface area (Å²) in [6.45, 7) is 4.42. The van der Waals surface area contributed by atoms with Crippen molar-refractivity contribution in [3.05, 3.63) is 58.4 Å². The molecule has 29 heavy (non-hydrogen) atoms. The summed E-state index contributed by atoms with van der Waals surface area (Å²) in [6.07, 6.45) is 1.83. The molecule has 3 heterocycles. The Morgan fingerprint density at radius 2 is 2.14 bits per heavy atom. The Balaban J connectivity index is 1.82. The van der Waals surface area contributed by atoms with Crippen LogP contribution < -0.4 is 5.32 Å². The fourth-order valence-corrected chi connectivity index (χ4v) is 3.16. The van der Waals surface area contributed by atoms with Crippen molar-refractivity contribution in [3.8, 4) is 17.5 Å². The molecule has 1 N–H and O–H groups in total. The average molecular weight is 407 g/mol. The molecular formula is C20H15ClN6O2. The molecular weight excluding hydrogens is 392 g/mol. The molecule has 4 aromatic rings. The molecule has 0 atom stereocenters. The molecule has 4 rings (SSSR count). The number of aryl methyl sites for hydroxylation is 2. The van der Waals surface area contributed by atoms with E-state index in [1.54, 1.807) is 29.8 Å². The quantitative estimate of drug-likeness (QED) is 0.544. The lowest BCUT2D eigenvalue weighted by atomic mass is 10.1. The minimum Gasteiger partial charge on any atom is -0.335 e. The third-order valence-corrected chi connectivity index (χ3v) is 4.67. The first-order chi connectivity index (χ1) is 14.0. The lowest BCUT2D eigenvalue weighted by molar-refractivity contribution is 0.102.